The summed E-state index contributed by atoms with van der Waals surface area (Å²) in [5.74, 6) is 0.239. The minimum absolute atomic E-state index is 0.0488. The van der Waals surface area contributed by atoms with Gasteiger partial charge in [-0.05, 0) is 55.5 Å². The highest BCUT2D eigenvalue weighted by molar-refractivity contribution is 6.31. The summed E-state index contributed by atoms with van der Waals surface area (Å²) >= 11 is 5.99. The summed E-state index contributed by atoms with van der Waals surface area (Å²) in [6.45, 7) is 5.60. The number of aromatic nitrogens is 1. The number of aryl methyl sites for hydroxylation is 1. The smallest absolute Gasteiger partial charge is 0.274 e. The largest absolute Gasteiger partial charge is 0.339 e. The van der Waals surface area contributed by atoms with Crippen molar-refractivity contribution in [2.45, 2.75) is 26.7 Å². The molecule has 1 aliphatic heterocycles. The Hall–Kier alpha value is -2.40. The van der Waals surface area contributed by atoms with E-state index in [4.69, 9.17) is 11.6 Å². The second-order valence-corrected chi connectivity index (χ2v) is 7.25. The molecule has 0 unspecified atom stereocenters. The summed E-state index contributed by atoms with van der Waals surface area (Å²) in [6.07, 6.45) is 3.52. The van der Waals surface area contributed by atoms with Gasteiger partial charge in [-0.2, -0.15) is 0 Å². The van der Waals surface area contributed by atoms with E-state index in [9.17, 15) is 9.59 Å². The molecule has 26 heavy (non-hydrogen) atoms. The SMILES string of the molecule is Cc1ccc(Cl)cc1NC(=O)c1cc(C(=O)N2CCC(C)CC2)ccn1. The van der Waals surface area contributed by atoms with Gasteiger partial charge in [0.25, 0.3) is 11.8 Å². The molecule has 2 aromatic rings. The van der Waals surface area contributed by atoms with Crippen LogP contribution in [-0.2, 0) is 0 Å². The number of pyridine rings is 1. The van der Waals surface area contributed by atoms with Crippen molar-refractivity contribution in [3.63, 3.8) is 0 Å². The van der Waals surface area contributed by atoms with Crippen LogP contribution in [0, 0.1) is 12.8 Å². The number of rotatable bonds is 3. The Morgan fingerprint density at radius 3 is 2.65 bits per heavy atom. The third kappa shape index (κ3) is 4.22. The second kappa shape index (κ2) is 7.87. The number of halogens is 1. The number of likely N-dealkylation sites (tertiary alicyclic amines) is 1. The maximum absolute atomic E-state index is 12.7. The van der Waals surface area contributed by atoms with E-state index in [2.05, 4.69) is 17.2 Å². The quantitative estimate of drug-likeness (QED) is 0.880. The number of carbonyl (C=O) groups excluding carboxylic acids is 2. The van der Waals surface area contributed by atoms with Gasteiger partial charge in [0.2, 0.25) is 0 Å². The number of anilines is 1. The molecule has 6 heteroatoms. The molecule has 1 aromatic carbocycles. The molecule has 2 heterocycles. The van der Waals surface area contributed by atoms with Crippen LogP contribution in [0.15, 0.2) is 36.5 Å². The molecule has 0 aliphatic carbocycles. The van der Waals surface area contributed by atoms with E-state index >= 15 is 0 Å². The number of benzene rings is 1. The normalized spacial score (nSPS) is 15.0. The Balaban J connectivity index is 1.75. The Bertz CT molecular complexity index is 830. The Kier molecular flexibility index (Phi) is 5.57. The molecule has 0 spiro atoms. The first-order valence-electron chi connectivity index (χ1n) is 8.77. The molecule has 0 saturated carbocycles. The van der Waals surface area contributed by atoms with Gasteiger partial charge in [-0.25, -0.2) is 0 Å². The van der Waals surface area contributed by atoms with Gasteiger partial charge in [0.05, 0.1) is 0 Å². The lowest BCUT2D eigenvalue weighted by Gasteiger charge is -2.30. The zero-order chi connectivity index (χ0) is 18.7. The maximum atomic E-state index is 12.7. The molecule has 1 fully saturated rings. The molecular weight excluding hydrogens is 350 g/mol. The average molecular weight is 372 g/mol. The highest BCUT2D eigenvalue weighted by Gasteiger charge is 2.22. The standard InChI is InChI=1S/C20H22ClN3O2/c1-13-6-9-24(10-7-13)20(26)15-5-8-22-18(11-15)19(25)23-17-12-16(21)4-3-14(17)2/h3-5,8,11-13H,6-7,9-10H2,1-2H3,(H,23,25). The van der Waals surface area contributed by atoms with Crippen molar-refractivity contribution in [3.05, 3.63) is 58.4 Å². The van der Waals surface area contributed by atoms with E-state index < -0.39 is 0 Å². The summed E-state index contributed by atoms with van der Waals surface area (Å²) in [4.78, 5) is 31.2. The molecule has 0 bridgehead atoms. The number of nitrogens with zero attached hydrogens (tertiary/aromatic N) is 2. The lowest BCUT2D eigenvalue weighted by Crippen LogP contribution is -2.38. The maximum Gasteiger partial charge on any atom is 0.274 e. The van der Waals surface area contributed by atoms with Gasteiger partial charge in [0.15, 0.2) is 0 Å². The van der Waals surface area contributed by atoms with Gasteiger partial charge >= 0.3 is 0 Å². The van der Waals surface area contributed by atoms with Crippen LogP contribution in [0.5, 0.6) is 0 Å². The van der Waals surface area contributed by atoms with Crippen LogP contribution in [0.25, 0.3) is 0 Å². The van der Waals surface area contributed by atoms with E-state index in [0.717, 1.165) is 31.5 Å². The Morgan fingerprint density at radius 1 is 1.19 bits per heavy atom. The zero-order valence-electron chi connectivity index (χ0n) is 15.0. The Labute approximate surface area is 158 Å². The number of carbonyl (C=O) groups is 2. The highest BCUT2D eigenvalue weighted by atomic mass is 35.5. The third-order valence-corrected chi connectivity index (χ3v) is 4.99. The van der Waals surface area contributed by atoms with Crippen LogP contribution in [0.1, 0.15) is 46.2 Å². The van der Waals surface area contributed by atoms with E-state index in [0.29, 0.717) is 22.2 Å². The van der Waals surface area contributed by atoms with Crippen molar-refractivity contribution < 1.29 is 9.59 Å². The molecule has 3 rings (SSSR count). The minimum atomic E-state index is -0.364. The summed E-state index contributed by atoms with van der Waals surface area (Å²) in [6, 6.07) is 8.50. The molecule has 2 amide bonds. The average Bonchev–Trinajstić information content (AvgIpc) is 2.65. The Morgan fingerprint density at radius 2 is 1.92 bits per heavy atom. The van der Waals surface area contributed by atoms with E-state index in [1.54, 1.807) is 24.3 Å². The molecule has 1 aliphatic rings. The second-order valence-electron chi connectivity index (χ2n) is 6.82. The first kappa shape index (κ1) is 18.4. The van der Waals surface area contributed by atoms with Crippen LogP contribution in [-0.4, -0.2) is 34.8 Å². The highest BCUT2D eigenvalue weighted by Crippen LogP contribution is 2.21. The van der Waals surface area contributed by atoms with Gasteiger partial charge in [-0.1, -0.05) is 24.6 Å². The minimum Gasteiger partial charge on any atom is -0.339 e. The van der Waals surface area contributed by atoms with Crippen LogP contribution in [0.2, 0.25) is 5.02 Å². The zero-order valence-corrected chi connectivity index (χ0v) is 15.7. The van der Waals surface area contributed by atoms with Crippen molar-refractivity contribution >= 4 is 29.1 Å². The summed E-state index contributed by atoms with van der Waals surface area (Å²) in [7, 11) is 0. The predicted molar refractivity (Wildman–Crippen MR) is 103 cm³/mol. The van der Waals surface area contributed by atoms with Crippen LogP contribution < -0.4 is 5.32 Å². The van der Waals surface area contributed by atoms with Gasteiger partial charge in [-0.3, -0.25) is 14.6 Å². The molecule has 0 radical (unpaired) electrons. The van der Waals surface area contributed by atoms with Crippen molar-refractivity contribution in [2.75, 3.05) is 18.4 Å². The number of hydrogen-bond acceptors (Lipinski definition) is 3. The summed E-state index contributed by atoms with van der Waals surface area (Å²) in [5.41, 5.74) is 2.23. The fourth-order valence-electron chi connectivity index (χ4n) is 3.00. The van der Waals surface area contributed by atoms with Crippen molar-refractivity contribution in [1.82, 2.24) is 9.88 Å². The van der Waals surface area contributed by atoms with Gasteiger partial charge in [-0.15, -0.1) is 0 Å². The van der Waals surface area contributed by atoms with Crippen LogP contribution in [0.3, 0.4) is 0 Å². The van der Waals surface area contributed by atoms with Gasteiger partial charge in [0.1, 0.15) is 5.69 Å². The molecular formula is C20H22ClN3O2. The van der Waals surface area contributed by atoms with Crippen LogP contribution >= 0.6 is 11.6 Å². The number of hydrogen-bond donors (Lipinski definition) is 1. The first-order valence-corrected chi connectivity index (χ1v) is 9.14. The first-order chi connectivity index (χ1) is 12.4. The molecule has 0 atom stereocenters. The third-order valence-electron chi connectivity index (χ3n) is 4.76. The van der Waals surface area contributed by atoms with E-state index in [1.165, 1.54) is 6.20 Å². The molecule has 136 valence electrons. The molecule has 1 N–H and O–H groups in total. The fourth-order valence-corrected chi connectivity index (χ4v) is 3.17. The number of nitrogens with one attached hydrogen (secondary N) is 1. The van der Waals surface area contributed by atoms with E-state index in [1.807, 2.05) is 17.9 Å². The summed E-state index contributed by atoms with van der Waals surface area (Å²) in [5, 5.41) is 3.35. The summed E-state index contributed by atoms with van der Waals surface area (Å²) < 4.78 is 0. The van der Waals surface area contributed by atoms with Crippen molar-refractivity contribution in [1.29, 1.82) is 0 Å². The molecule has 5 nitrogen and oxygen atoms in total. The molecule has 1 aromatic heterocycles. The van der Waals surface area contributed by atoms with Crippen LogP contribution in [0.4, 0.5) is 5.69 Å². The fraction of sp³-hybridized carbons (Fsp3) is 0.350. The van der Waals surface area contributed by atoms with Gasteiger partial charge < -0.3 is 10.2 Å². The monoisotopic (exact) mass is 371 g/mol. The van der Waals surface area contributed by atoms with Gasteiger partial charge in [0, 0.05) is 35.6 Å². The lowest BCUT2D eigenvalue weighted by molar-refractivity contribution is 0.0697. The number of piperidine rings is 1. The number of amides is 2. The predicted octanol–water partition coefficient (Wildman–Crippen LogP) is 4.17. The van der Waals surface area contributed by atoms with Crippen molar-refractivity contribution in [3.8, 4) is 0 Å². The topological polar surface area (TPSA) is 62.3 Å². The lowest BCUT2D eigenvalue weighted by atomic mass is 9.98. The van der Waals surface area contributed by atoms with Crippen molar-refractivity contribution in [2.24, 2.45) is 5.92 Å². The van der Waals surface area contributed by atoms with E-state index in [-0.39, 0.29) is 17.5 Å². The molecule has 1 saturated heterocycles.